The molecular weight excluding hydrogens is 239 g/mol. The van der Waals surface area contributed by atoms with Gasteiger partial charge < -0.3 is 10.6 Å². The van der Waals surface area contributed by atoms with Gasteiger partial charge in [-0.2, -0.15) is 0 Å². The van der Waals surface area contributed by atoms with E-state index < -0.39 is 0 Å². The number of hydrogen-bond acceptors (Lipinski definition) is 2. The van der Waals surface area contributed by atoms with Crippen molar-refractivity contribution >= 4 is 11.4 Å². The molecule has 0 amide bonds. The van der Waals surface area contributed by atoms with E-state index >= 15 is 0 Å². The van der Waals surface area contributed by atoms with Gasteiger partial charge in [0.15, 0.2) is 0 Å². The van der Waals surface area contributed by atoms with Gasteiger partial charge in [0.2, 0.25) is 0 Å². The molecule has 0 saturated carbocycles. The van der Waals surface area contributed by atoms with Crippen LogP contribution >= 0.6 is 0 Å². The van der Waals surface area contributed by atoms with Crippen molar-refractivity contribution in [2.45, 2.75) is 19.9 Å². The standard InChI is InChI=1S/C16H17FN2/c1-11-8-14(17)3-2-13(11)10-19-7-6-12-9-15(18)4-5-16(12)19/h2-5,8-9H,6-7,10,18H2,1H3. The summed E-state index contributed by atoms with van der Waals surface area (Å²) in [6.45, 7) is 3.77. The van der Waals surface area contributed by atoms with Gasteiger partial charge in [0.1, 0.15) is 5.82 Å². The highest BCUT2D eigenvalue weighted by Crippen LogP contribution is 2.31. The van der Waals surface area contributed by atoms with Gasteiger partial charge in [-0.15, -0.1) is 0 Å². The van der Waals surface area contributed by atoms with E-state index in [0.717, 1.165) is 30.8 Å². The molecule has 0 spiro atoms. The maximum Gasteiger partial charge on any atom is 0.123 e. The van der Waals surface area contributed by atoms with E-state index in [4.69, 9.17) is 5.73 Å². The Morgan fingerprint density at radius 1 is 1.21 bits per heavy atom. The van der Waals surface area contributed by atoms with Gasteiger partial charge in [-0.05, 0) is 60.4 Å². The molecule has 0 radical (unpaired) electrons. The summed E-state index contributed by atoms with van der Waals surface area (Å²) in [5.41, 5.74) is 11.4. The monoisotopic (exact) mass is 256 g/mol. The zero-order valence-electron chi connectivity index (χ0n) is 11.0. The van der Waals surface area contributed by atoms with Crippen molar-refractivity contribution in [1.29, 1.82) is 0 Å². The van der Waals surface area contributed by atoms with Gasteiger partial charge in [-0.25, -0.2) is 4.39 Å². The largest absolute Gasteiger partial charge is 0.399 e. The highest BCUT2D eigenvalue weighted by Gasteiger charge is 2.19. The van der Waals surface area contributed by atoms with Crippen LogP contribution < -0.4 is 10.6 Å². The normalized spacial score (nSPS) is 13.7. The van der Waals surface area contributed by atoms with Crippen molar-refractivity contribution in [3.63, 3.8) is 0 Å². The van der Waals surface area contributed by atoms with Crippen LogP contribution in [0.15, 0.2) is 36.4 Å². The number of benzene rings is 2. The van der Waals surface area contributed by atoms with Crippen molar-refractivity contribution in [2.75, 3.05) is 17.2 Å². The second-order valence-corrected chi connectivity index (χ2v) is 5.13. The van der Waals surface area contributed by atoms with Crippen molar-refractivity contribution in [3.05, 3.63) is 58.9 Å². The van der Waals surface area contributed by atoms with Crippen LogP contribution in [0.2, 0.25) is 0 Å². The predicted molar refractivity (Wildman–Crippen MR) is 76.7 cm³/mol. The fourth-order valence-corrected chi connectivity index (χ4v) is 2.70. The maximum atomic E-state index is 13.1. The molecule has 0 atom stereocenters. The lowest BCUT2D eigenvalue weighted by Crippen LogP contribution is -2.20. The van der Waals surface area contributed by atoms with Crippen LogP contribution in [0.5, 0.6) is 0 Å². The number of nitrogens with zero attached hydrogens (tertiary/aromatic N) is 1. The first-order valence-corrected chi connectivity index (χ1v) is 6.52. The lowest BCUT2D eigenvalue weighted by molar-refractivity contribution is 0.625. The topological polar surface area (TPSA) is 29.3 Å². The molecule has 3 rings (SSSR count). The molecular formula is C16H17FN2. The first-order valence-electron chi connectivity index (χ1n) is 6.52. The highest BCUT2D eigenvalue weighted by molar-refractivity contribution is 5.63. The van der Waals surface area contributed by atoms with Gasteiger partial charge in [0.25, 0.3) is 0 Å². The molecule has 0 saturated heterocycles. The summed E-state index contributed by atoms with van der Waals surface area (Å²) in [5.74, 6) is -0.171. The Hall–Kier alpha value is -2.03. The first kappa shape index (κ1) is 12.0. The van der Waals surface area contributed by atoms with E-state index in [1.807, 2.05) is 25.1 Å². The van der Waals surface area contributed by atoms with Gasteiger partial charge in [-0.1, -0.05) is 6.07 Å². The van der Waals surface area contributed by atoms with Crippen LogP contribution in [-0.2, 0) is 13.0 Å². The Morgan fingerprint density at radius 3 is 2.84 bits per heavy atom. The van der Waals surface area contributed by atoms with Crippen LogP contribution in [0.4, 0.5) is 15.8 Å². The molecule has 0 fully saturated rings. The molecule has 3 heteroatoms. The summed E-state index contributed by atoms with van der Waals surface area (Å²) in [5, 5.41) is 0. The minimum Gasteiger partial charge on any atom is -0.399 e. The van der Waals surface area contributed by atoms with E-state index in [-0.39, 0.29) is 5.82 Å². The summed E-state index contributed by atoms with van der Waals surface area (Å²) in [4.78, 5) is 2.33. The van der Waals surface area contributed by atoms with Crippen LogP contribution in [-0.4, -0.2) is 6.54 Å². The van der Waals surface area contributed by atoms with Crippen LogP contribution in [0.3, 0.4) is 0 Å². The van der Waals surface area contributed by atoms with E-state index in [0.29, 0.717) is 0 Å². The lowest BCUT2D eigenvalue weighted by Gasteiger charge is -2.20. The van der Waals surface area contributed by atoms with Gasteiger partial charge in [0.05, 0.1) is 0 Å². The third kappa shape index (κ3) is 2.28. The molecule has 2 N–H and O–H groups in total. The third-order valence-corrected chi connectivity index (χ3v) is 3.76. The molecule has 1 heterocycles. The van der Waals surface area contributed by atoms with Crippen LogP contribution in [0.1, 0.15) is 16.7 Å². The number of halogens is 1. The Labute approximate surface area is 112 Å². The number of nitrogens with two attached hydrogens (primary N) is 1. The average Bonchev–Trinajstić information content (AvgIpc) is 2.75. The fraction of sp³-hybridized carbons (Fsp3) is 0.250. The molecule has 2 aromatic rings. The van der Waals surface area contributed by atoms with Gasteiger partial charge in [-0.3, -0.25) is 0 Å². The molecule has 0 aromatic heterocycles. The molecule has 2 aromatic carbocycles. The van der Waals surface area contributed by atoms with Crippen molar-refractivity contribution in [2.24, 2.45) is 0 Å². The van der Waals surface area contributed by atoms with E-state index in [9.17, 15) is 4.39 Å². The Kier molecular flexibility index (Phi) is 2.90. The smallest absolute Gasteiger partial charge is 0.123 e. The summed E-state index contributed by atoms with van der Waals surface area (Å²) in [7, 11) is 0. The summed E-state index contributed by atoms with van der Waals surface area (Å²) in [6.07, 6.45) is 1.03. The second kappa shape index (κ2) is 4.57. The fourth-order valence-electron chi connectivity index (χ4n) is 2.70. The van der Waals surface area contributed by atoms with Crippen molar-refractivity contribution in [3.8, 4) is 0 Å². The number of rotatable bonds is 2. The molecule has 19 heavy (non-hydrogen) atoms. The first-order chi connectivity index (χ1) is 9.13. The zero-order valence-corrected chi connectivity index (χ0v) is 11.0. The Balaban J connectivity index is 1.86. The third-order valence-electron chi connectivity index (χ3n) is 3.76. The molecule has 98 valence electrons. The number of fused-ring (bicyclic) bond motifs is 1. The van der Waals surface area contributed by atoms with Crippen LogP contribution in [0.25, 0.3) is 0 Å². The average molecular weight is 256 g/mol. The van der Waals surface area contributed by atoms with Gasteiger partial charge >= 0.3 is 0 Å². The molecule has 0 unspecified atom stereocenters. The summed E-state index contributed by atoms with van der Waals surface area (Å²) in [6, 6.07) is 11.1. The molecule has 1 aliphatic rings. The number of anilines is 2. The summed E-state index contributed by atoms with van der Waals surface area (Å²) >= 11 is 0. The van der Waals surface area contributed by atoms with E-state index in [2.05, 4.69) is 11.0 Å². The molecule has 2 nitrogen and oxygen atoms in total. The van der Waals surface area contributed by atoms with Crippen molar-refractivity contribution in [1.82, 2.24) is 0 Å². The lowest BCUT2D eigenvalue weighted by atomic mass is 10.1. The second-order valence-electron chi connectivity index (χ2n) is 5.13. The van der Waals surface area contributed by atoms with Crippen molar-refractivity contribution < 1.29 is 4.39 Å². The number of aryl methyl sites for hydroxylation is 1. The number of nitrogen functional groups attached to an aromatic ring is 1. The summed E-state index contributed by atoms with van der Waals surface area (Å²) < 4.78 is 13.1. The number of hydrogen-bond donors (Lipinski definition) is 1. The molecule has 0 aliphatic carbocycles. The van der Waals surface area contributed by atoms with E-state index in [1.54, 1.807) is 6.07 Å². The Bertz CT molecular complexity index is 622. The van der Waals surface area contributed by atoms with E-state index in [1.165, 1.54) is 22.9 Å². The minimum atomic E-state index is -0.171. The molecule has 1 aliphatic heterocycles. The highest BCUT2D eigenvalue weighted by atomic mass is 19.1. The molecule has 0 bridgehead atoms. The zero-order chi connectivity index (χ0) is 13.4. The van der Waals surface area contributed by atoms with Crippen LogP contribution in [0, 0.1) is 12.7 Å². The SMILES string of the molecule is Cc1cc(F)ccc1CN1CCc2cc(N)ccc21. The van der Waals surface area contributed by atoms with Gasteiger partial charge in [0, 0.05) is 24.5 Å². The minimum absolute atomic E-state index is 0.171. The Morgan fingerprint density at radius 2 is 2.05 bits per heavy atom. The predicted octanol–water partition coefficient (Wildman–Crippen LogP) is 3.28. The maximum absolute atomic E-state index is 13.1. The quantitative estimate of drug-likeness (QED) is 0.835.